The molecule has 0 spiro atoms. The summed E-state index contributed by atoms with van der Waals surface area (Å²) in [5.41, 5.74) is 2.64. The van der Waals surface area contributed by atoms with Crippen LogP contribution in [0.15, 0.2) is 6.20 Å². The Balaban J connectivity index is 1.85. The molecule has 94 valence electrons. The van der Waals surface area contributed by atoms with Gasteiger partial charge in [-0.15, -0.1) is 0 Å². The summed E-state index contributed by atoms with van der Waals surface area (Å²) >= 11 is 0. The third-order valence-corrected chi connectivity index (χ3v) is 3.77. The van der Waals surface area contributed by atoms with Crippen LogP contribution in [-0.4, -0.2) is 42.6 Å². The van der Waals surface area contributed by atoms with Crippen LogP contribution in [-0.2, 0) is 17.8 Å². The predicted molar refractivity (Wildman–Crippen MR) is 66.2 cm³/mol. The van der Waals surface area contributed by atoms with Crippen LogP contribution in [0.3, 0.4) is 0 Å². The van der Waals surface area contributed by atoms with E-state index in [9.17, 15) is 0 Å². The van der Waals surface area contributed by atoms with Crippen LogP contribution in [0, 0.1) is 0 Å². The highest BCUT2D eigenvalue weighted by atomic mass is 16.5. The molecular weight excluding hydrogens is 216 g/mol. The number of aromatic nitrogens is 2. The highest BCUT2D eigenvalue weighted by Gasteiger charge is 2.28. The molecule has 0 amide bonds. The number of fused-ring (bicyclic) bond motifs is 1. The minimum atomic E-state index is 0.524. The average molecular weight is 236 g/mol. The Morgan fingerprint density at radius 3 is 3.35 bits per heavy atom. The predicted octanol–water partition coefficient (Wildman–Crippen LogP) is 0.601. The van der Waals surface area contributed by atoms with Crippen molar-refractivity contribution in [3.05, 3.63) is 11.9 Å². The van der Waals surface area contributed by atoms with Gasteiger partial charge in [0.25, 0.3) is 0 Å². The number of nitrogens with one attached hydrogen (secondary N) is 1. The van der Waals surface area contributed by atoms with Gasteiger partial charge in [-0.1, -0.05) is 0 Å². The van der Waals surface area contributed by atoms with Crippen molar-refractivity contribution in [2.24, 2.45) is 0 Å². The van der Waals surface area contributed by atoms with E-state index in [1.807, 2.05) is 6.20 Å². The molecule has 1 aromatic rings. The van der Waals surface area contributed by atoms with Crippen LogP contribution in [0.5, 0.6) is 0 Å². The standard InChI is InChI=1S/C12H20N4O/c1-17-9-10-3-2-5-15(10)11-8-14-16-6-4-13-7-12(11)16/h8,10,13H,2-7,9H2,1H3. The second-order valence-electron chi connectivity index (χ2n) is 4.82. The van der Waals surface area contributed by atoms with Gasteiger partial charge in [0.05, 0.1) is 36.8 Å². The Morgan fingerprint density at radius 1 is 1.53 bits per heavy atom. The van der Waals surface area contributed by atoms with E-state index in [1.165, 1.54) is 24.2 Å². The van der Waals surface area contributed by atoms with Gasteiger partial charge in [-0.2, -0.15) is 5.10 Å². The van der Waals surface area contributed by atoms with Crippen molar-refractivity contribution in [3.8, 4) is 0 Å². The average Bonchev–Trinajstić information content (AvgIpc) is 2.95. The molecule has 17 heavy (non-hydrogen) atoms. The second-order valence-corrected chi connectivity index (χ2v) is 4.82. The number of hydrogen-bond donors (Lipinski definition) is 1. The van der Waals surface area contributed by atoms with Crippen molar-refractivity contribution in [3.63, 3.8) is 0 Å². The van der Waals surface area contributed by atoms with Crippen molar-refractivity contribution >= 4 is 5.69 Å². The monoisotopic (exact) mass is 236 g/mol. The van der Waals surface area contributed by atoms with Crippen LogP contribution in [0.25, 0.3) is 0 Å². The SMILES string of the molecule is COCC1CCCN1c1cnn2c1CNCC2. The Morgan fingerprint density at radius 2 is 2.47 bits per heavy atom. The number of hydrogen-bond acceptors (Lipinski definition) is 4. The minimum Gasteiger partial charge on any atom is -0.383 e. The Hall–Kier alpha value is -1.07. The molecule has 0 saturated carbocycles. The molecule has 0 radical (unpaired) electrons. The third-order valence-electron chi connectivity index (χ3n) is 3.77. The molecule has 0 bridgehead atoms. The van der Waals surface area contributed by atoms with Crippen molar-refractivity contribution in [2.75, 3.05) is 31.7 Å². The summed E-state index contributed by atoms with van der Waals surface area (Å²) < 4.78 is 7.45. The summed E-state index contributed by atoms with van der Waals surface area (Å²) in [6.07, 6.45) is 4.51. The fourth-order valence-corrected chi connectivity index (χ4v) is 2.93. The first-order valence-corrected chi connectivity index (χ1v) is 6.41. The molecule has 1 aromatic heterocycles. The van der Waals surface area contributed by atoms with E-state index in [4.69, 9.17) is 4.74 Å². The van der Waals surface area contributed by atoms with Crippen LogP contribution < -0.4 is 10.2 Å². The highest BCUT2D eigenvalue weighted by Crippen LogP contribution is 2.29. The summed E-state index contributed by atoms with van der Waals surface area (Å²) in [5, 5.41) is 7.91. The summed E-state index contributed by atoms with van der Waals surface area (Å²) in [5.74, 6) is 0. The van der Waals surface area contributed by atoms with E-state index in [0.29, 0.717) is 6.04 Å². The summed E-state index contributed by atoms with van der Waals surface area (Å²) in [4.78, 5) is 2.47. The first-order chi connectivity index (χ1) is 8.40. The van der Waals surface area contributed by atoms with Crippen LogP contribution in [0.1, 0.15) is 18.5 Å². The molecule has 5 nitrogen and oxygen atoms in total. The fraction of sp³-hybridized carbons (Fsp3) is 0.750. The molecular formula is C12H20N4O. The Bertz CT molecular complexity index is 390. The fourth-order valence-electron chi connectivity index (χ4n) is 2.93. The van der Waals surface area contributed by atoms with Gasteiger partial charge in [-0.25, -0.2) is 0 Å². The lowest BCUT2D eigenvalue weighted by Crippen LogP contribution is -2.35. The molecule has 3 rings (SSSR count). The van der Waals surface area contributed by atoms with E-state index in [1.54, 1.807) is 7.11 Å². The zero-order chi connectivity index (χ0) is 11.7. The zero-order valence-electron chi connectivity index (χ0n) is 10.4. The summed E-state index contributed by atoms with van der Waals surface area (Å²) in [6.45, 7) is 4.89. The molecule has 3 heterocycles. The maximum absolute atomic E-state index is 5.31. The molecule has 0 aliphatic carbocycles. The molecule has 1 unspecified atom stereocenters. The van der Waals surface area contributed by atoms with Gasteiger partial charge >= 0.3 is 0 Å². The highest BCUT2D eigenvalue weighted by molar-refractivity contribution is 5.52. The summed E-state index contributed by atoms with van der Waals surface area (Å²) in [6, 6.07) is 0.524. The second kappa shape index (κ2) is 4.66. The number of anilines is 1. The number of rotatable bonds is 3. The van der Waals surface area contributed by atoms with Gasteiger partial charge in [-0.3, -0.25) is 4.68 Å². The van der Waals surface area contributed by atoms with Crippen LogP contribution >= 0.6 is 0 Å². The van der Waals surface area contributed by atoms with Crippen LogP contribution in [0.2, 0.25) is 0 Å². The van der Waals surface area contributed by atoms with Crippen molar-refractivity contribution in [2.45, 2.75) is 32.0 Å². The van der Waals surface area contributed by atoms with Crippen molar-refractivity contribution in [1.29, 1.82) is 0 Å². The van der Waals surface area contributed by atoms with E-state index in [-0.39, 0.29) is 0 Å². The largest absolute Gasteiger partial charge is 0.383 e. The number of methoxy groups -OCH3 is 1. The molecule has 1 fully saturated rings. The van der Waals surface area contributed by atoms with Gasteiger partial charge in [0.1, 0.15) is 0 Å². The minimum absolute atomic E-state index is 0.524. The molecule has 1 saturated heterocycles. The molecule has 2 aliphatic rings. The molecule has 0 aromatic carbocycles. The lowest BCUT2D eigenvalue weighted by atomic mass is 10.2. The van der Waals surface area contributed by atoms with E-state index >= 15 is 0 Å². The first-order valence-electron chi connectivity index (χ1n) is 6.41. The topological polar surface area (TPSA) is 42.3 Å². The molecule has 1 atom stereocenters. The van der Waals surface area contributed by atoms with E-state index < -0.39 is 0 Å². The van der Waals surface area contributed by atoms with Crippen LogP contribution in [0.4, 0.5) is 5.69 Å². The zero-order valence-corrected chi connectivity index (χ0v) is 10.4. The Kier molecular flexibility index (Phi) is 3.03. The maximum atomic E-state index is 5.31. The first kappa shape index (κ1) is 11.0. The quantitative estimate of drug-likeness (QED) is 0.834. The third kappa shape index (κ3) is 1.93. The normalized spacial score (nSPS) is 24.1. The van der Waals surface area contributed by atoms with Gasteiger partial charge < -0.3 is 15.0 Å². The van der Waals surface area contributed by atoms with E-state index in [0.717, 1.165) is 32.8 Å². The van der Waals surface area contributed by atoms with Gasteiger partial charge in [0.15, 0.2) is 0 Å². The molecule has 2 aliphatic heterocycles. The molecule has 5 heteroatoms. The van der Waals surface area contributed by atoms with Gasteiger partial charge in [0.2, 0.25) is 0 Å². The van der Waals surface area contributed by atoms with E-state index in [2.05, 4.69) is 20.0 Å². The van der Waals surface area contributed by atoms with Gasteiger partial charge in [-0.05, 0) is 12.8 Å². The number of nitrogens with zero attached hydrogens (tertiary/aromatic N) is 3. The smallest absolute Gasteiger partial charge is 0.0801 e. The van der Waals surface area contributed by atoms with Crippen molar-refractivity contribution < 1.29 is 4.74 Å². The lowest BCUT2D eigenvalue weighted by Gasteiger charge is -2.27. The van der Waals surface area contributed by atoms with Crippen molar-refractivity contribution in [1.82, 2.24) is 15.1 Å². The number of ether oxygens (including phenoxy) is 1. The lowest BCUT2D eigenvalue weighted by molar-refractivity contribution is 0.181. The Labute approximate surface area is 102 Å². The molecule has 1 N–H and O–H groups in total. The van der Waals surface area contributed by atoms with Gasteiger partial charge in [0, 0.05) is 26.7 Å². The summed E-state index contributed by atoms with van der Waals surface area (Å²) in [7, 11) is 1.78. The maximum Gasteiger partial charge on any atom is 0.0801 e.